The second-order valence-corrected chi connectivity index (χ2v) is 11.4. The molecule has 2 N–H and O–H groups in total. The lowest BCUT2D eigenvalue weighted by atomic mass is 9.85. The Balaban J connectivity index is 1.49. The van der Waals surface area contributed by atoms with Crippen molar-refractivity contribution < 1.29 is 14.7 Å². The average Bonchev–Trinajstić information content (AvgIpc) is 3.54. The lowest BCUT2D eigenvalue weighted by Gasteiger charge is -2.35. The normalized spacial score (nSPS) is 18.9. The number of hydrogen-bond acceptors (Lipinski definition) is 6. The van der Waals surface area contributed by atoms with Gasteiger partial charge in [0.15, 0.2) is 0 Å². The third-order valence-electron chi connectivity index (χ3n) is 6.67. The molecule has 3 aromatic rings. The number of amides is 2. The number of aliphatic hydroxyl groups is 1. The van der Waals surface area contributed by atoms with E-state index in [1.807, 2.05) is 39.4 Å². The number of carbonyl (C=O) groups excluding carboxylic acids is 2. The Kier molecular flexibility index (Phi) is 7.61. The quantitative estimate of drug-likeness (QED) is 0.505. The van der Waals surface area contributed by atoms with Gasteiger partial charge in [0.1, 0.15) is 11.9 Å². The number of imidazole rings is 1. The van der Waals surface area contributed by atoms with Crippen LogP contribution in [0.2, 0.25) is 0 Å². The molecule has 4 rings (SSSR count). The molecule has 8 nitrogen and oxygen atoms in total. The van der Waals surface area contributed by atoms with Gasteiger partial charge in [0, 0.05) is 38.8 Å². The van der Waals surface area contributed by atoms with E-state index >= 15 is 0 Å². The summed E-state index contributed by atoms with van der Waals surface area (Å²) >= 11 is 1.65. The van der Waals surface area contributed by atoms with Crippen molar-refractivity contribution in [3.63, 3.8) is 0 Å². The Hall–Kier alpha value is -3.04. The van der Waals surface area contributed by atoms with E-state index in [0.717, 1.165) is 17.9 Å². The molecule has 1 fully saturated rings. The van der Waals surface area contributed by atoms with Gasteiger partial charge in [-0.2, -0.15) is 0 Å². The maximum Gasteiger partial charge on any atom is 0.246 e. The number of rotatable bonds is 7. The molecule has 0 unspecified atom stereocenters. The van der Waals surface area contributed by atoms with Gasteiger partial charge >= 0.3 is 0 Å². The van der Waals surface area contributed by atoms with Crippen LogP contribution < -0.4 is 5.32 Å². The van der Waals surface area contributed by atoms with E-state index in [1.165, 1.54) is 22.9 Å². The van der Waals surface area contributed by atoms with E-state index in [-0.39, 0.29) is 24.4 Å². The SMILES string of the molecule is CC(=O)N[C@H](C(=O)N1C[C@H](O)C[C@H]1c1nccn1CCc1ccc(-c2scnc2C)cc1)C(C)(C)C. The number of aryl methyl sites for hydroxylation is 3. The van der Waals surface area contributed by atoms with Crippen LogP contribution in [0.1, 0.15) is 57.2 Å². The lowest BCUT2D eigenvalue weighted by molar-refractivity contribution is -0.140. The predicted molar refractivity (Wildman–Crippen MR) is 140 cm³/mol. The van der Waals surface area contributed by atoms with Gasteiger partial charge in [0.2, 0.25) is 11.8 Å². The molecule has 0 radical (unpaired) electrons. The van der Waals surface area contributed by atoms with Gasteiger partial charge in [0.25, 0.3) is 0 Å². The van der Waals surface area contributed by atoms with Crippen molar-refractivity contribution in [3.8, 4) is 10.4 Å². The number of benzene rings is 1. The van der Waals surface area contributed by atoms with Gasteiger partial charge in [-0.05, 0) is 29.9 Å². The molecule has 2 amide bonds. The maximum absolute atomic E-state index is 13.6. The smallest absolute Gasteiger partial charge is 0.246 e. The fourth-order valence-corrected chi connectivity index (χ4v) is 5.59. The number of hydrogen-bond donors (Lipinski definition) is 2. The van der Waals surface area contributed by atoms with Gasteiger partial charge < -0.3 is 19.9 Å². The first kappa shape index (κ1) is 26.0. The number of aromatic nitrogens is 3. The third kappa shape index (κ3) is 5.68. The van der Waals surface area contributed by atoms with E-state index in [0.29, 0.717) is 13.0 Å². The second kappa shape index (κ2) is 10.5. The van der Waals surface area contributed by atoms with E-state index in [1.54, 1.807) is 22.4 Å². The fourth-order valence-electron chi connectivity index (χ4n) is 4.78. The molecule has 0 bridgehead atoms. The molecule has 1 aliphatic heterocycles. The Labute approximate surface area is 216 Å². The highest BCUT2D eigenvalue weighted by Crippen LogP contribution is 2.34. The van der Waals surface area contributed by atoms with E-state index in [2.05, 4.69) is 44.1 Å². The first-order valence-corrected chi connectivity index (χ1v) is 13.2. The van der Waals surface area contributed by atoms with Crippen LogP contribution in [0, 0.1) is 12.3 Å². The molecule has 0 aliphatic carbocycles. The molecular formula is C27H35N5O3S. The lowest BCUT2D eigenvalue weighted by Crippen LogP contribution is -2.54. The van der Waals surface area contributed by atoms with Gasteiger partial charge in [0.05, 0.1) is 28.2 Å². The minimum atomic E-state index is -0.688. The van der Waals surface area contributed by atoms with Crippen molar-refractivity contribution in [2.24, 2.45) is 5.41 Å². The molecule has 3 atom stereocenters. The van der Waals surface area contributed by atoms with Crippen molar-refractivity contribution in [2.75, 3.05) is 6.54 Å². The summed E-state index contributed by atoms with van der Waals surface area (Å²) in [5.74, 6) is 0.313. The fraction of sp³-hybridized carbons (Fsp3) is 0.481. The Morgan fingerprint density at radius 1 is 1.22 bits per heavy atom. The van der Waals surface area contributed by atoms with E-state index < -0.39 is 17.6 Å². The van der Waals surface area contributed by atoms with Crippen LogP contribution in [0.3, 0.4) is 0 Å². The maximum atomic E-state index is 13.6. The molecule has 2 aromatic heterocycles. The van der Waals surface area contributed by atoms with Crippen LogP contribution in [-0.4, -0.2) is 55.0 Å². The van der Waals surface area contributed by atoms with Crippen LogP contribution in [-0.2, 0) is 22.6 Å². The summed E-state index contributed by atoms with van der Waals surface area (Å²) in [7, 11) is 0. The van der Waals surface area contributed by atoms with E-state index in [9.17, 15) is 14.7 Å². The van der Waals surface area contributed by atoms with Gasteiger partial charge in [-0.1, -0.05) is 45.0 Å². The van der Waals surface area contributed by atoms with Crippen molar-refractivity contribution in [2.45, 2.75) is 72.2 Å². The summed E-state index contributed by atoms with van der Waals surface area (Å²) < 4.78 is 2.06. The molecule has 1 aromatic carbocycles. The topological polar surface area (TPSA) is 100 Å². The number of carbonyl (C=O) groups is 2. The van der Waals surface area contributed by atoms with Crippen molar-refractivity contribution in [1.82, 2.24) is 24.8 Å². The minimum Gasteiger partial charge on any atom is -0.391 e. The van der Waals surface area contributed by atoms with Crippen LogP contribution in [0.4, 0.5) is 0 Å². The first-order chi connectivity index (χ1) is 17.0. The van der Waals surface area contributed by atoms with Gasteiger partial charge in [-0.15, -0.1) is 11.3 Å². The number of nitrogens with one attached hydrogen (secondary N) is 1. The minimum absolute atomic E-state index is 0.192. The zero-order chi connectivity index (χ0) is 26.0. The third-order valence-corrected chi connectivity index (χ3v) is 7.65. The molecule has 1 aliphatic rings. The molecular weight excluding hydrogens is 474 g/mol. The van der Waals surface area contributed by atoms with Crippen molar-refractivity contribution in [1.29, 1.82) is 0 Å². The first-order valence-electron chi connectivity index (χ1n) is 12.3. The standard InChI is InChI=1S/C27H35N5O3S/c1-17-23(36-16-29-17)20-8-6-19(7-9-20)10-12-31-13-11-28-25(31)22-14-21(34)15-32(22)26(35)24(27(3,4)5)30-18(2)33/h6-9,11,13,16,21-22,24,34H,10,12,14-15H2,1-5H3,(H,30,33)/t21-,22+,24-/m1/s1. The molecule has 9 heteroatoms. The van der Waals surface area contributed by atoms with E-state index in [4.69, 9.17) is 0 Å². The van der Waals surface area contributed by atoms with Crippen LogP contribution in [0.25, 0.3) is 10.4 Å². The Morgan fingerprint density at radius 2 is 1.94 bits per heavy atom. The zero-order valence-corrected chi connectivity index (χ0v) is 22.4. The largest absolute Gasteiger partial charge is 0.391 e. The number of thiazole rings is 1. The highest BCUT2D eigenvalue weighted by Gasteiger charge is 2.43. The Bertz CT molecular complexity index is 1210. The number of likely N-dealkylation sites (tertiary alicyclic amines) is 1. The number of aliphatic hydroxyl groups excluding tert-OH is 1. The average molecular weight is 510 g/mol. The zero-order valence-electron chi connectivity index (χ0n) is 21.6. The summed E-state index contributed by atoms with van der Waals surface area (Å²) in [6.45, 7) is 10.1. The molecule has 1 saturated heterocycles. The van der Waals surface area contributed by atoms with Crippen LogP contribution >= 0.6 is 11.3 Å². The molecule has 3 heterocycles. The van der Waals surface area contributed by atoms with Crippen molar-refractivity contribution >= 4 is 23.2 Å². The Morgan fingerprint density at radius 3 is 2.56 bits per heavy atom. The second-order valence-electron chi connectivity index (χ2n) is 10.6. The highest BCUT2D eigenvalue weighted by atomic mass is 32.1. The van der Waals surface area contributed by atoms with Crippen molar-refractivity contribution in [3.05, 3.63) is 59.3 Å². The monoisotopic (exact) mass is 509 g/mol. The molecule has 192 valence electrons. The predicted octanol–water partition coefficient (Wildman–Crippen LogP) is 3.74. The number of β-amino-alcohol motifs (C(OH)–C–C–N with tert-alkyl or cyclic N) is 1. The van der Waals surface area contributed by atoms with Gasteiger partial charge in [-0.25, -0.2) is 9.97 Å². The summed E-state index contributed by atoms with van der Waals surface area (Å²) in [6.07, 6.45) is 4.26. The summed E-state index contributed by atoms with van der Waals surface area (Å²) in [5, 5.41) is 13.3. The van der Waals surface area contributed by atoms with Crippen LogP contribution in [0.5, 0.6) is 0 Å². The molecule has 0 saturated carbocycles. The summed E-state index contributed by atoms with van der Waals surface area (Å²) in [6, 6.07) is 7.51. The molecule has 0 spiro atoms. The summed E-state index contributed by atoms with van der Waals surface area (Å²) in [5.41, 5.74) is 4.82. The van der Waals surface area contributed by atoms with Crippen LogP contribution in [0.15, 0.2) is 42.2 Å². The number of nitrogens with zero attached hydrogens (tertiary/aromatic N) is 4. The highest BCUT2D eigenvalue weighted by molar-refractivity contribution is 7.13. The van der Waals surface area contributed by atoms with Gasteiger partial charge in [-0.3, -0.25) is 9.59 Å². The molecule has 36 heavy (non-hydrogen) atoms. The summed E-state index contributed by atoms with van der Waals surface area (Å²) in [4.78, 5) is 37.2.